The van der Waals surface area contributed by atoms with Gasteiger partial charge >= 0.3 is 11.8 Å². The van der Waals surface area contributed by atoms with Crippen molar-refractivity contribution in [3.63, 3.8) is 0 Å². The first-order chi connectivity index (χ1) is 13.1. The number of aromatic nitrogens is 2. The molecular weight excluding hydrogens is 386 g/mol. The van der Waals surface area contributed by atoms with Crippen LogP contribution in [0, 0.1) is 10.1 Å². The van der Waals surface area contributed by atoms with Crippen molar-refractivity contribution < 1.29 is 14.5 Å². The Morgan fingerprint density at radius 3 is 2.86 bits per heavy atom. The number of halogens is 1. The summed E-state index contributed by atoms with van der Waals surface area (Å²) in [6.45, 7) is 6.39. The van der Waals surface area contributed by atoms with E-state index in [1.807, 2.05) is 20.8 Å². The lowest BCUT2D eigenvalue weighted by atomic mass is 10.1. The third kappa shape index (κ3) is 4.59. The molecule has 1 N–H and O–H groups in total. The first-order valence-corrected chi connectivity index (χ1v) is 9.36. The summed E-state index contributed by atoms with van der Waals surface area (Å²) in [5, 5.41) is 14.9. The summed E-state index contributed by atoms with van der Waals surface area (Å²) < 4.78 is 5.43. The number of amides is 1. The largest absolute Gasteiger partial charge is 0.444 e. The number of ether oxygens (including phenoxy) is 1. The smallest absolute Gasteiger partial charge is 0.410 e. The lowest BCUT2D eigenvalue weighted by Gasteiger charge is -2.34. The maximum absolute atomic E-state index is 12.4. The van der Waals surface area contributed by atoms with E-state index in [0.717, 1.165) is 12.8 Å². The van der Waals surface area contributed by atoms with Crippen LogP contribution in [0.3, 0.4) is 0 Å². The molecule has 3 heterocycles. The number of piperidine rings is 1. The van der Waals surface area contributed by atoms with Gasteiger partial charge in [-0.3, -0.25) is 10.1 Å². The van der Waals surface area contributed by atoms with E-state index in [0.29, 0.717) is 24.1 Å². The molecule has 0 saturated carbocycles. The summed E-state index contributed by atoms with van der Waals surface area (Å²) in [6.07, 6.45) is 2.31. The average Bonchev–Trinajstić information content (AvgIpc) is 2.60. The van der Waals surface area contributed by atoms with Crippen molar-refractivity contribution in [3.05, 3.63) is 33.6 Å². The number of nitrogens with one attached hydrogen (secondary N) is 1. The van der Waals surface area contributed by atoms with Crippen molar-refractivity contribution in [1.82, 2.24) is 14.9 Å². The molecule has 1 aliphatic rings. The van der Waals surface area contributed by atoms with Gasteiger partial charge in [-0.25, -0.2) is 14.8 Å². The molecule has 9 nitrogen and oxygen atoms in total. The molecule has 10 heteroatoms. The van der Waals surface area contributed by atoms with Gasteiger partial charge in [0, 0.05) is 19.1 Å². The molecular formula is C18H22ClN5O4. The molecule has 1 fully saturated rings. The topological polar surface area (TPSA) is 110 Å². The zero-order chi connectivity index (χ0) is 20.5. The van der Waals surface area contributed by atoms with Gasteiger partial charge in [-0.05, 0) is 45.7 Å². The average molecular weight is 408 g/mol. The van der Waals surface area contributed by atoms with E-state index in [4.69, 9.17) is 16.3 Å². The van der Waals surface area contributed by atoms with E-state index in [1.54, 1.807) is 17.0 Å². The summed E-state index contributed by atoms with van der Waals surface area (Å²) in [7, 11) is 0. The molecule has 2 aromatic rings. The first kappa shape index (κ1) is 20.1. The standard InChI is InChI=1S/C18H22ClN5O4/c1-18(2,3)28-17(25)23-8-4-5-11(10-23)21-16-13(24(26)27)9-20-12-6-7-14(19)22-15(12)16/h6-7,9,11H,4-5,8,10H2,1-3H3,(H,20,21)/t11-/m1/s1. The molecule has 0 aromatic carbocycles. The van der Waals surface area contributed by atoms with Crippen LogP contribution in [0.5, 0.6) is 0 Å². The van der Waals surface area contributed by atoms with Crippen molar-refractivity contribution in [1.29, 1.82) is 0 Å². The number of rotatable bonds is 3. The van der Waals surface area contributed by atoms with Crippen molar-refractivity contribution in [2.24, 2.45) is 0 Å². The molecule has 3 rings (SSSR count). The van der Waals surface area contributed by atoms with E-state index in [2.05, 4.69) is 15.3 Å². The quantitative estimate of drug-likeness (QED) is 0.465. The van der Waals surface area contributed by atoms with Crippen LogP contribution in [0.2, 0.25) is 5.15 Å². The fourth-order valence-electron chi connectivity index (χ4n) is 3.10. The number of nitrogens with zero attached hydrogens (tertiary/aromatic N) is 4. The minimum atomic E-state index is -0.585. The number of carbonyl (C=O) groups excluding carboxylic acids is 1. The lowest BCUT2D eigenvalue weighted by Crippen LogP contribution is -2.47. The molecule has 1 amide bonds. The second-order valence-electron chi connectivity index (χ2n) is 7.69. The molecule has 2 aromatic heterocycles. The highest BCUT2D eigenvalue weighted by Crippen LogP contribution is 2.32. The molecule has 0 radical (unpaired) electrons. The fourth-order valence-corrected chi connectivity index (χ4v) is 3.25. The molecule has 0 bridgehead atoms. The van der Waals surface area contributed by atoms with Crippen molar-refractivity contribution in [2.45, 2.75) is 45.3 Å². The lowest BCUT2D eigenvalue weighted by molar-refractivity contribution is -0.384. The van der Waals surface area contributed by atoms with E-state index in [9.17, 15) is 14.9 Å². The van der Waals surface area contributed by atoms with Crippen LogP contribution in [0.1, 0.15) is 33.6 Å². The van der Waals surface area contributed by atoms with E-state index >= 15 is 0 Å². The Hall–Kier alpha value is -2.68. The summed E-state index contributed by atoms with van der Waals surface area (Å²) in [4.78, 5) is 33.3. The highest BCUT2D eigenvalue weighted by Gasteiger charge is 2.29. The van der Waals surface area contributed by atoms with Gasteiger partial charge in [0.25, 0.3) is 0 Å². The Kier molecular flexibility index (Phi) is 5.55. The zero-order valence-electron chi connectivity index (χ0n) is 15.9. The third-order valence-corrected chi connectivity index (χ3v) is 4.49. The maximum atomic E-state index is 12.4. The number of fused-ring (bicyclic) bond motifs is 1. The Bertz CT molecular complexity index is 915. The predicted octanol–water partition coefficient (Wildman–Crippen LogP) is 4.00. The molecule has 1 aliphatic heterocycles. The summed E-state index contributed by atoms with van der Waals surface area (Å²) in [5.41, 5.74) is 0.316. The van der Waals surface area contributed by atoms with Crippen molar-refractivity contribution in [2.75, 3.05) is 18.4 Å². The van der Waals surface area contributed by atoms with Gasteiger partial charge in [0.1, 0.15) is 28.2 Å². The number of carbonyl (C=O) groups is 1. The van der Waals surface area contributed by atoms with Crippen molar-refractivity contribution >= 4 is 40.1 Å². The predicted molar refractivity (Wildman–Crippen MR) is 106 cm³/mol. The SMILES string of the molecule is CC(C)(C)OC(=O)N1CCC[C@@H](Nc2c([N+](=O)[O-])cnc3ccc(Cl)nc23)C1. The van der Waals surface area contributed by atoms with Gasteiger partial charge in [0.05, 0.1) is 10.4 Å². The van der Waals surface area contributed by atoms with Gasteiger partial charge in [-0.15, -0.1) is 0 Å². The molecule has 0 spiro atoms. The number of likely N-dealkylation sites (tertiary alicyclic amines) is 1. The minimum absolute atomic E-state index is 0.184. The van der Waals surface area contributed by atoms with Gasteiger partial charge < -0.3 is 15.0 Å². The summed E-state index contributed by atoms with van der Waals surface area (Å²) in [6, 6.07) is 3.05. The van der Waals surface area contributed by atoms with E-state index in [1.165, 1.54) is 6.20 Å². The number of hydrogen-bond donors (Lipinski definition) is 1. The van der Waals surface area contributed by atoms with Crippen LogP contribution in [-0.2, 0) is 4.74 Å². The maximum Gasteiger partial charge on any atom is 0.410 e. The normalized spacial score (nSPS) is 17.4. The van der Waals surface area contributed by atoms with Gasteiger partial charge in [-0.2, -0.15) is 0 Å². The second kappa shape index (κ2) is 7.75. The second-order valence-corrected chi connectivity index (χ2v) is 8.07. The Morgan fingerprint density at radius 1 is 1.43 bits per heavy atom. The molecule has 0 aliphatic carbocycles. The Balaban J connectivity index is 1.87. The Morgan fingerprint density at radius 2 is 2.18 bits per heavy atom. The highest BCUT2D eigenvalue weighted by molar-refractivity contribution is 6.29. The van der Waals surface area contributed by atoms with Crippen LogP contribution >= 0.6 is 11.6 Å². The van der Waals surface area contributed by atoms with Crippen LogP contribution in [-0.4, -0.2) is 50.6 Å². The van der Waals surface area contributed by atoms with E-state index < -0.39 is 16.6 Å². The van der Waals surface area contributed by atoms with Gasteiger partial charge in [0.15, 0.2) is 0 Å². The van der Waals surface area contributed by atoms with Crippen LogP contribution in [0.15, 0.2) is 18.3 Å². The van der Waals surface area contributed by atoms with Gasteiger partial charge in [-0.1, -0.05) is 11.6 Å². The monoisotopic (exact) mass is 407 g/mol. The first-order valence-electron chi connectivity index (χ1n) is 8.98. The minimum Gasteiger partial charge on any atom is -0.444 e. The molecule has 150 valence electrons. The number of nitro groups is 1. The fraction of sp³-hybridized carbons (Fsp3) is 0.500. The molecule has 1 atom stereocenters. The summed E-state index contributed by atoms with van der Waals surface area (Å²) >= 11 is 5.99. The number of anilines is 1. The van der Waals surface area contributed by atoms with Crippen molar-refractivity contribution in [3.8, 4) is 0 Å². The number of pyridine rings is 2. The summed E-state index contributed by atoms with van der Waals surface area (Å²) in [5.74, 6) is 0. The van der Waals surface area contributed by atoms with Gasteiger partial charge in [0.2, 0.25) is 0 Å². The zero-order valence-corrected chi connectivity index (χ0v) is 16.7. The third-order valence-electron chi connectivity index (χ3n) is 4.28. The molecule has 1 saturated heterocycles. The number of hydrogen-bond acceptors (Lipinski definition) is 7. The van der Waals surface area contributed by atoms with E-state index in [-0.39, 0.29) is 22.6 Å². The van der Waals surface area contributed by atoms with Crippen LogP contribution in [0.25, 0.3) is 11.0 Å². The molecule has 28 heavy (non-hydrogen) atoms. The van der Waals surface area contributed by atoms with Crippen LogP contribution in [0.4, 0.5) is 16.2 Å². The van der Waals surface area contributed by atoms with Crippen LogP contribution < -0.4 is 5.32 Å². The highest BCUT2D eigenvalue weighted by atomic mass is 35.5. The molecule has 0 unspecified atom stereocenters. The Labute approximate surface area is 167 Å².